The number of likely N-dealkylation sites (tertiary alicyclic amines) is 1. The Kier molecular flexibility index (Phi) is 4.87. The summed E-state index contributed by atoms with van der Waals surface area (Å²) >= 11 is 0. The second kappa shape index (κ2) is 7.11. The van der Waals surface area contributed by atoms with Gasteiger partial charge in [-0.25, -0.2) is 0 Å². The lowest BCUT2D eigenvalue weighted by molar-refractivity contribution is -0.0962. The molecule has 1 N–H and O–H groups in total. The number of fused-ring (bicyclic) bond motifs is 1. The number of hydrogen-bond acceptors (Lipinski definition) is 5. The molecule has 6 nitrogen and oxygen atoms in total. The van der Waals surface area contributed by atoms with Gasteiger partial charge in [-0.05, 0) is 77.4 Å². The number of rotatable bonds is 4. The molecule has 0 saturated carbocycles. The molecule has 2 heterocycles. The van der Waals surface area contributed by atoms with E-state index in [9.17, 15) is 5.11 Å². The minimum absolute atomic E-state index is 0.0889. The van der Waals surface area contributed by atoms with Crippen molar-refractivity contribution in [2.24, 2.45) is 0 Å². The second-order valence-corrected chi connectivity index (χ2v) is 9.33. The van der Waals surface area contributed by atoms with E-state index in [0.717, 1.165) is 29.4 Å². The van der Waals surface area contributed by atoms with Crippen LogP contribution in [0.15, 0.2) is 42.5 Å². The normalized spacial score (nSPS) is 19.6. The van der Waals surface area contributed by atoms with Gasteiger partial charge in [-0.3, -0.25) is 4.90 Å². The molecule has 6 heteroatoms. The molecule has 1 fully saturated rings. The highest BCUT2D eigenvalue weighted by Crippen LogP contribution is 2.38. The first-order chi connectivity index (χ1) is 13.7. The second-order valence-electron chi connectivity index (χ2n) is 9.33. The smallest absolute Gasteiger partial charge is 0.143 e. The van der Waals surface area contributed by atoms with E-state index in [1.165, 1.54) is 4.80 Å². The van der Waals surface area contributed by atoms with Crippen LogP contribution in [0.4, 0.5) is 0 Å². The summed E-state index contributed by atoms with van der Waals surface area (Å²) < 4.78 is 6.32. The van der Waals surface area contributed by atoms with E-state index in [2.05, 4.69) is 49.8 Å². The molecular formula is C23H30N4O2. The molecule has 0 aliphatic carbocycles. The summed E-state index contributed by atoms with van der Waals surface area (Å²) in [4.78, 5) is 3.94. The molecule has 0 atom stereocenters. The zero-order valence-corrected chi connectivity index (χ0v) is 17.9. The molecule has 0 bridgehead atoms. The molecule has 0 unspecified atom stereocenters. The summed E-state index contributed by atoms with van der Waals surface area (Å²) in [6, 6.07) is 13.2. The first kappa shape index (κ1) is 19.9. The van der Waals surface area contributed by atoms with Crippen LogP contribution in [-0.2, 0) is 11.3 Å². The van der Waals surface area contributed by atoms with E-state index < -0.39 is 0 Å². The Balaban J connectivity index is 1.52. The third-order valence-electron chi connectivity index (χ3n) is 6.30. The van der Waals surface area contributed by atoms with Crippen molar-refractivity contribution < 1.29 is 9.84 Å². The lowest BCUT2D eigenvalue weighted by atomic mass is 9.79. The van der Waals surface area contributed by atoms with Gasteiger partial charge in [0, 0.05) is 11.1 Å². The van der Waals surface area contributed by atoms with E-state index in [-0.39, 0.29) is 22.9 Å². The van der Waals surface area contributed by atoms with Gasteiger partial charge in [0.15, 0.2) is 0 Å². The fourth-order valence-corrected chi connectivity index (χ4v) is 4.40. The monoisotopic (exact) mass is 394 g/mol. The Morgan fingerprint density at radius 3 is 2.17 bits per heavy atom. The van der Waals surface area contributed by atoms with Crippen molar-refractivity contribution in [3.8, 4) is 11.4 Å². The zero-order valence-electron chi connectivity index (χ0n) is 17.9. The number of hydrogen-bond donors (Lipinski definition) is 1. The minimum Gasteiger partial charge on any atom is -0.506 e. The lowest BCUT2D eigenvalue weighted by Crippen LogP contribution is -2.60. The Hall–Kier alpha value is -2.44. The van der Waals surface area contributed by atoms with Crippen molar-refractivity contribution in [1.29, 1.82) is 0 Å². The van der Waals surface area contributed by atoms with Gasteiger partial charge < -0.3 is 9.84 Å². The van der Waals surface area contributed by atoms with E-state index in [1.54, 1.807) is 6.07 Å². The number of aromatic nitrogens is 3. The van der Waals surface area contributed by atoms with Crippen LogP contribution in [0, 0.1) is 0 Å². The standard InChI is InChI=1S/C23H30N4O2/c1-22(2)13-17(14-23(3,4)26(22)5)29-15-16-10-11-21(28)20(12-16)27-24-18-8-6-7-9-19(18)25-27/h6-12,17,28H,13-15H2,1-5H3. The van der Waals surface area contributed by atoms with Gasteiger partial charge in [0.1, 0.15) is 22.5 Å². The van der Waals surface area contributed by atoms with Crippen LogP contribution in [0.1, 0.15) is 46.1 Å². The molecule has 3 aromatic rings. The highest BCUT2D eigenvalue weighted by Gasteiger charge is 2.43. The average molecular weight is 395 g/mol. The molecular weight excluding hydrogens is 364 g/mol. The molecule has 2 aromatic carbocycles. The van der Waals surface area contributed by atoms with Crippen LogP contribution in [0.5, 0.6) is 5.75 Å². The van der Waals surface area contributed by atoms with E-state index in [4.69, 9.17) is 4.74 Å². The predicted octanol–water partition coefficient (Wildman–Crippen LogP) is 4.29. The van der Waals surface area contributed by atoms with Crippen LogP contribution in [0.3, 0.4) is 0 Å². The molecule has 1 aliphatic rings. The predicted molar refractivity (Wildman–Crippen MR) is 114 cm³/mol. The number of phenolic OH excluding ortho intramolecular Hbond substituents is 1. The Morgan fingerprint density at radius 1 is 1.00 bits per heavy atom. The summed E-state index contributed by atoms with van der Waals surface area (Å²) in [6.07, 6.45) is 2.17. The van der Waals surface area contributed by atoms with Crippen molar-refractivity contribution in [2.45, 2.75) is 64.3 Å². The van der Waals surface area contributed by atoms with Gasteiger partial charge in [-0.1, -0.05) is 18.2 Å². The summed E-state index contributed by atoms with van der Waals surface area (Å²) in [5.74, 6) is 0.149. The first-order valence-electron chi connectivity index (χ1n) is 10.2. The van der Waals surface area contributed by atoms with E-state index in [1.807, 2.05) is 36.4 Å². The SMILES string of the molecule is CN1C(C)(C)CC(OCc2ccc(O)c(-n3nc4ccccc4n3)c2)CC1(C)C. The number of nitrogens with zero attached hydrogens (tertiary/aromatic N) is 4. The summed E-state index contributed by atoms with van der Waals surface area (Å²) in [7, 11) is 2.20. The van der Waals surface area contributed by atoms with Crippen LogP contribution in [0.25, 0.3) is 16.7 Å². The van der Waals surface area contributed by atoms with Crippen molar-refractivity contribution in [1.82, 2.24) is 19.9 Å². The maximum absolute atomic E-state index is 10.3. The van der Waals surface area contributed by atoms with E-state index in [0.29, 0.717) is 12.3 Å². The third kappa shape index (κ3) is 3.87. The number of piperidine rings is 1. The van der Waals surface area contributed by atoms with Crippen LogP contribution in [-0.4, -0.2) is 49.2 Å². The first-order valence-corrected chi connectivity index (χ1v) is 10.2. The summed E-state index contributed by atoms with van der Waals surface area (Å²) in [6.45, 7) is 9.59. The van der Waals surface area contributed by atoms with Crippen molar-refractivity contribution in [2.75, 3.05) is 7.05 Å². The van der Waals surface area contributed by atoms with Gasteiger partial charge in [0.05, 0.1) is 12.7 Å². The quantitative estimate of drug-likeness (QED) is 0.715. The topological polar surface area (TPSA) is 63.4 Å². The maximum atomic E-state index is 10.3. The van der Waals surface area contributed by atoms with Gasteiger partial charge in [-0.2, -0.15) is 0 Å². The van der Waals surface area contributed by atoms with Crippen molar-refractivity contribution in [3.05, 3.63) is 48.0 Å². The molecule has 0 amide bonds. The van der Waals surface area contributed by atoms with Gasteiger partial charge in [-0.15, -0.1) is 15.0 Å². The molecule has 1 aromatic heterocycles. The Labute approximate surface area is 172 Å². The fourth-order valence-electron chi connectivity index (χ4n) is 4.40. The average Bonchev–Trinajstić information content (AvgIpc) is 3.09. The zero-order chi connectivity index (χ0) is 20.8. The number of phenols is 1. The van der Waals surface area contributed by atoms with Crippen molar-refractivity contribution >= 4 is 11.0 Å². The molecule has 0 spiro atoms. The molecule has 4 rings (SSSR count). The molecule has 29 heavy (non-hydrogen) atoms. The Morgan fingerprint density at radius 2 is 1.59 bits per heavy atom. The van der Waals surface area contributed by atoms with Gasteiger partial charge in [0.2, 0.25) is 0 Å². The number of aromatic hydroxyl groups is 1. The van der Waals surface area contributed by atoms with Gasteiger partial charge in [0.25, 0.3) is 0 Å². The van der Waals surface area contributed by atoms with E-state index >= 15 is 0 Å². The highest BCUT2D eigenvalue weighted by molar-refractivity contribution is 5.73. The fraction of sp³-hybridized carbons (Fsp3) is 0.478. The molecule has 154 valence electrons. The molecule has 0 radical (unpaired) electrons. The third-order valence-corrected chi connectivity index (χ3v) is 6.30. The van der Waals surface area contributed by atoms with Gasteiger partial charge >= 0.3 is 0 Å². The Bertz CT molecular complexity index is 974. The largest absolute Gasteiger partial charge is 0.506 e. The molecule has 1 aliphatic heterocycles. The number of benzene rings is 2. The highest BCUT2D eigenvalue weighted by atomic mass is 16.5. The van der Waals surface area contributed by atoms with Crippen LogP contribution >= 0.6 is 0 Å². The number of ether oxygens (including phenoxy) is 1. The summed E-state index contributed by atoms with van der Waals surface area (Å²) in [5, 5.41) is 19.3. The van der Waals surface area contributed by atoms with Crippen LogP contribution in [0.2, 0.25) is 0 Å². The molecule has 1 saturated heterocycles. The van der Waals surface area contributed by atoms with Crippen LogP contribution < -0.4 is 0 Å². The summed E-state index contributed by atoms with van der Waals surface area (Å²) in [5.41, 5.74) is 3.32. The van der Waals surface area contributed by atoms with Crippen molar-refractivity contribution in [3.63, 3.8) is 0 Å². The maximum Gasteiger partial charge on any atom is 0.143 e. The lowest BCUT2D eigenvalue weighted by Gasteiger charge is -2.53. The minimum atomic E-state index is 0.0889.